The quantitative estimate of drug-likeness (QED) is 0.473. The van der Waals surface area contributed by atoms with Gasteiger partial charge in [-0.15, -0.1) is 11.8 Å². The highest BCUT2D eigenvalue weighted by Gasteiger charge is 2.08. The maximum atomic E-state index is 12.2. The van der Waals surface area contributed by atoms with Crippen molar-refractivity contribution < 1.29 is 9.53 Å². The summed E-state index contributed by atoms with van der Waals surface area (Å²) in [7, 11) is 0. The van der Waals surface area contributed by atoms with E-state index in [1.807, 2.05) is 43.3 Å². The van der Waals surface area contributed by atoms with Crippen LogP contribution in [0.3, 0.4) is 0 Å². The van der Waals surface area contributed by atoms with Gasteiger partial charge in [0, 0.05) is 27.4 Å². The van der Waals surface area contributed by atoms with E-state index < -0.39 is 0 Å². The van der Waals surface area contributed by atoms with Crippen LogP contribution in [0.4, 0.5) is 0 Å². The van der Waals surface area contributed by atoms with Gasteiger partial charge in [-0.1, -0.05) is 17.7 Å². The molecule has 0 N–H and O–H groups in total. The van der Waals surface area contributed by atoms with E-state index in [9.17, 15) is 9.59 Å². The van der Waals surface area contributed by atoms with E-state index in [0.717, 1.165) is 10.6 Å². The third kappa shape index (κ3) is 4.65. The first-order chi connectivity index (χ1) is 12.5. The molecule has 7 heteroatoms. The van der Waals surface area contributed by atoms with Gasteiger partial charge in [0.2, 0.25) is 0 Å². The van der Waals surface area contributed by atoms with Crippen LogP contribution in [0.15, 0.2) is 58.2 Å². The van der Waals surface area contributed by atoms with Crippen LogP contribution >= 0.6 is 23.4 Å². The average molecular weight is 389 g/mol. The van der Waals surface area contributed by atoms with E-state index in [2.05, 4.69) is 4.98 Å². The van der Waals surface area contributed by atoms with E-state index in [0.29, 0.717) is 22.1 Å². The van der Waals surface area contributed by atoms with Crippen LogP contribution in [-0.2, 0) is 16.1 Å². The third-order valence-corrected chi connectivity index (χ3v) is 4.97. The zero-order chi connectivity index (χ0) is 18.5. The first-order valence-corrected chi connectivity index (χ1v) is 9.41. The van der Waals surface area contributed by atoms with Crippen molar-refractivity contribution in [3.8, 4) is 0 Å². The van der Waals surface area contributed by atoms with Gasteiger partial charge in [0.25, 0.3) is 5.56 Å². The second-order valence-electron chi connectivity index (χ2n) is 5.66. The zero-order valence-electron chi connectivity index (χ0n) is 14.1. The second kappa shape index (κ2) is 8.38. The highest BCUT2D eigenvalue weighted by atomic mass is 35.5. The molecule has 3 aromatic rings. The summed E-state index contributed by atoms with van der Waals surface area (Å²) in [5.74, 6) is 0.283. The minimum absolute atomic E-state index is 0.00979. The van der Waals surface area contributed by atoms with Crippen molar-refractivity contribution in [1.82, 2.24) is 9.38 Å². The number of carbonyl (C=O) groups is 1. The minimum Gasteiger partial charge on any atom is -0.459 e. The van der Waals surface area contributed by atoms with Crippen LogP contribution < -0.4 is 5.56 Å². The number of thioether (sulfide) groups is 1. The van der Waals surface area contributed by atoms with Gasteiger partial charge in [-0.25, -0.2) is 4.98 Å². The number of halogens is 1. The normalized spacial score (nSPS) is 10.8. The first-order valence-electron chi connectivity index (χ1n) is 8.05. The van der Waals surface area contributed by atoms with Crippen molar-refractivity contribution in [2.75, 3.05) is 5.75 Å². The minimum atomic E-state index is -0.322. The monoisotopic (exact) mass is 388 g/mol. The Labute approximate surface area is 160 Å². The molecular weight excluding hydrogens is 372 g/mol. The Hall–Kier alpha value is -2.31. The zero-order valence-corrected chi connectivity index (χ0v) is 15.7. The SMILES string of the molecule is Cc1cccc2nc(COC(=O)CCSc3ccc(Cl)cc3)cc(=O)n12. The summed E-state index contributed by atoms with van der Waals surface area (Å²) in [4.78, 5) is 29.5. The Morgan fingerprint density at radius 3 is 2.77 bits per heavy atom. The predicted octanol–water partition coefficient (Wildman–Crippen LogP) is 3.88. The summed E-state index contributed by atoms with van der Waals surface area (Å²) < 4.78 is 6.76. The summed E-state index contributed by atoms with van der Waals surface area (Å²) in [6.45, 7) is 1.83. The molecule has 0 radical (unpaired) electrons. The van der Waals surface area contributed by atoms with E-state index in [1.54, 1.807) is 17.8 Å². The number of esters is 1. The molecule has 2 aromatic heterocycles. The highest BCUT2D eigenvalue weighted by Crippen LogP contribution is 2.21. The standard InChI is InChI=1S/C19H17ClN2O3S/c1-13-3-2-4-17-21-15(11-18(23)22(13)17)12-25-19(24)9-10-26-16-7-5-14(20)6-8-16/h2-8,11H,9-10,12H2,1H3. The van der Waals surface area contributed by atoms with Gasteiger partial charge < -0.3 is 4.74 Å². The molecule has 0 saturated carbocycles. The van der Waals surface area contributed by atoms with Crippen LogP contribution in [0.5, 0.6) is 0 Å². The van der Waals surface area contributed by atoms with Gasteiger partial charge in [-0.2, -0.15) is 0 Å². The molecule has 0 aliphatic carbocycles. The van der Waals surface area contributed by atoms with Gasteiger partial charge in [0.15, 0.2) is 0 Å². The Morgan fingerprint density at radius 2 is 2.00 bits per heavy atom. The highest BCUT2D eigenvalue weighted by molar-refractivity contribution is 7.99. The second-order valence-corrected chi connectivity index (χ2v) is 7.26. The number of benzene rings is 1. The molecule has 5 nitrogen and oxygen atoms in total. The maximum absolute atomic E-state index is 12.2. The first kappa shape index (κ1) is 18.5. The molecule has 0 saturated heterocycles. The molecule has 26 heavy (non-hydrogen) atoms. The number of aromatic nitrogens is 2. The van der Waals surface area contributed by atoms with Crippen LogP contribution in [0.2, 0.25) is 5.02 Å². The smallest absolute Gasteiger partial charge is 0.307 e. The van der Waals surface area contributed by atoms with Crippen LogP contribution in [0.25, 0.3) is 5.65 Å². The lowest BCUT2D eigenvalue weighted by Crippen LogP contribution is -2.18. The van der Waals surface area contributed by atoms with Gasteiger partial charge >= 0.3 is 5.97 Å². The molecule has 1 aromatic carbocycles. The molecular formula is C19H17ClN2O3S. The van der Waals surface area contributed by atoms with E-state index in [1.165, 1.54) is 10.5 Å². The molecule has 0 spiro atoms. The number of pyridine rings is 1. The summed E-state index contributed by atoms with van der Waals surface area (Å²) in [6, 6.07) is 14.3. The Kier molecular flexibility index (Phi) is 5.96. The summed E-state index contributed by atoms with van der Waals surface area (Å²) in [5, 5.41) is 0.683. The number of carbonyl (C=O) groups excluding carboxylic acids is 1. The molecule has 0 aliphatic rings. The number of nitrogens with zero attached hydrogens (tertiary/aromatic N) is 2. The van der Waals surface area contributed by atoms with Crippen molar-refractivity contribution in [1.29, 1.82) is 0 Å². The van der Waals surface area contributed by atoms with Gasteiger partial charge in [0.05, 0.1) is 12.1 Å². The predicted molar refractivity (Wildman–Crippen MR) is 103 cm³/mol. The summed E-state index contributed by atoms with van der Waals surface area (Å²) in [6.07, 6.45) is 0.277. The van der Waals surface area contributed by atoms with Gasteiger partial charge in [-0.05, 0) is 43.3 Å². The van der Waals surface area contributed by atoms with Crippen molar-refractivity contribution in [3.63, 3.8) is 0 Å². The number of hydrogen-bond acceptors (Lipinski definition) is 5. The maximum Gasteiger partial charge on any atom is 0.307 e. The molecule has 2 heterocycles. The topological polar surface area (TPSA) is 60.7 Å². The largest absolute Gasteiger partial charge is 0.459 e. The molecule has 134 valence electrons. The van der Waals surface area contributed by atoms with Crippen LogP contribution in [0.1, 0.15) is 17.8 Å². The number of aryl methyl sites for hydroxylation is 1. The molecule has 3 rings (SSSR count). The van der Waals surface area contributed by atoms with Gasteiger partial charge in [-0.3, -0.25) is 14.0 Å². The van der Waals surface area contributed by atoms with E-state index in [4.69, 9.17) is 16.3 Å². The Morgan fingerprint density at radius 1 is 1.23 bits per heavy atom. The van der Waals surface area contributed by atoms with Crippen molar-refractivity contribution in [2.45, 2.75) is 24.8 Å². The number of fused-ring (bicyclic) bond motifs is 1. The lowest BCUT2D eigenvalue weighted by molar-refractivity contribution is -0.144. The number of rotatable bonds is 6. The third-order valence-electron chi connectivity index (χ3n) is 3.70. The molecule has 0 atom stereocenters. The summed E-state index contributed by atoms with van der Waals surface area (Å²) >= 11 is 7.40. The Balaban J connectivity index is 1.53. The van der Waals surface area contributed by atoms with E-state index in [-0.39, 0.29) is 24.6 Å². The van der Waals surface area contributed by atoms with Crippen LogP contribution in [-0.4, -0.2) is 21.1 Å². The summed E-state index contributed by atoms with van der Waals surface area (Å²) in [5.41, 5.74) is 1.61. The number of hydrogen-bond donors (Lipinski definition) is 0. The molecule has 0 unspecified atom stereocenters. The fraction of sp³-hybridized carbons (Fsp3) is 0.211. The fourth-order valence-electron chi connectivity index (χ4n) is 2.45. The van der Waals surface area contributed by atoms with E-state index >= 15 is 0 Å². The van der Waals surface area contributed by atoms with Crippen molar-refractivity contribution >= 4 is 35.0 Å². The average Bonchev–Trinajstić information content (AvgIpc) is 2.61. The van der Waals surface area contributed by atoms with Crippen molar-refractivity contribution in [2.24, 2.45) is 0 Å². The molecule has 0 bridgehead atoms. The van der Waals surface area contributed by atoms with Gasteiger partial charge in [0.1, 0.15) is 12.3 Å². The lowest BCUT2D eigenvalue weighted by atomic mass is 10.3. The molecule has 0 amide bonds. The lowest BCUT2D eigenvalue weighted by Gasteiger charge is -2.07. The molecule has 0 aliphatic heterocycles. The van der Waals surface area contributed by atoms with Crippen molar-refractivity contribution in [3.05, 3.63) is 75.3 Å². The fourth-order valence-corrected chi connectivity index (χ4v) is 3.41. The molecule has 0 fully saturated rings. The van der Waals surface area contributed by atoms with Crippen LogP contribution in [0, 0.1) is 6.92 Å². The Bertz CT molecular complexity index is 986. The number of ether oxygens (including phenoxy) is 1.